The topological polar surface area (TPSA) is 61.4 Å². The Hall–Kier alpha value is -1.88. The molecule has 0 radical (unpaired) electrons. The zero-order valence-electron chi connectivity index (χ0n) is 12.5. The predicted octanol–water partition coefficient (Wildman–Crippen LogP) is 1.86. The number of nitrogens with zero attached hydrogens (tertiary/aromatic N) is 1. The van der Waals surface area contributed by atoms with E-state index in [-0.39, 0.29) is 18.4 Å². The first-order valence-electron chi connectivity index (χ1n) is 7.54. The van der Waals surface area contributed by atoms with E-state index < -0.39 is 0 Å². The van der Waals surface area contributed by atoms with Gasteiger partial charge in [0.1, 0.15) is 0 Å². The third-order valence-corrected chi connectivity index (χ3v) is 3.65. The summed E-state index contributed by atoms with van der Waals surface area (Å²) in [7, 11) is 1.72. The van der Waals surface area contributed by atoms with Crippen LogP contribution in [0.3, 0.4) is 0 Å². The molecule has 2 N–H and O–H groups in total. The summed E-state index contributed by atoms with van der Waals surface area (Å²) >= 11 is 0. The number of likely N-dealkylation sites (tertiary alicyclic amines) is 1. The van der Waals surface area contributed by atoms with Gasteiger partial charge in [-0.15, -0.1) is 0 Å². The largest absolute Gasteiger partial charge is 0.339 e. The fourth-order valence-corrected chi connectivity index (χ4v) is 2.52. The van der Waals surface area contributed by atoms with Crippen LogP contribution in [-0.2, 0) is 4.79 Å². The standard InChI is InChI=1S/C16H23N3O2/c1-17-12-15(20)18-14-8-6-13(7-9-14)16(21)19-10-4-2-3-5-11-19/h6-9,17H,2-5,10-12H2,1H3,(H,18,20). The number of benzene rings is 1. The maximum atomic E-state index is 12.4. The molecule has 0 spiro atoms. The summed E-state index contributed by atoms with van der Waals surface area (Å²) < 4.78 is 0. The molecule has 1 aliphatic rings. The lowest BCUT2D eigenvalue weighted by Crippen LogP contribution is -2.31. The van der Waals surface area contributed by atoms with Crippen molar-refractivity contribution < 1.29 is 9.59 Å². The van der Waals surface area contributed by atoms with Crippen molar-refractivity contribution in [1.29, 1.82) is 0 Å². The summed E-state index contributed by atoms with van der Waals surface area (Å²) in [5, 5.41) is 5.57. The third-order valence-electron chi connectivity index (χ3n) is 3.65. The smallest absolute Gasteiger partial charge is 0.253 e. The van der Waals surface area contributed by atoms with Gasteiger partial charge >= 0.3 is 0 Å². The van der Waals surface area contributed by atoms with Crippen LogP contribution in [0.15, 0.2) is 24.3 Å². The average molecular weight is 289 g/mol. The molecule has 1 heterocycles. The van der Waals surface area contributed by atoms with Crippen molar-refractivity contribution in [2.24, 2.45) is 0 Å². The quantitative estimate of drug-likeness (QED) is 0.889. The first kappa shape index (κ1) is 15.5. The highest BCUT2D eigenvalue weighted by atomic mass is 16.2. The van der Waals surface area contributed by atoms with Crippen molar-refractivity contribution in [1.82, 2.24) is 10.2 Å². The minimum absolute atomic E-state index is 0.0880. The molecular formula is C16H23N3O2. The number of amides is 2. The molecule has 0 bridgehead atoms. The van der Waals surface area contributed by atoms with Crippen LogP contribution in [0.25, 0.3) is 0 Å². The zero-order valence-corrected chi connectivity index (χ0v) is 12.5. The van der Waals surface area contributed by atoms with Gasteiger partial charge < -0.3 is 15.5 Å². The molecule has 1 aromatic carbocycles. The van der Waals surface area contributed by atoms with Gasteiger partial charge in [0.05, 0.1) is 6.54 Å². The second kappa shape index (κ2) is 7.78. The molecule has 21 heavy (non-hydrogen) atoms. The number of likely N-dealkylation sites (N-methyl/N-ethyl adjacent to an activating group) is 1. The maximum Gasteiger partial charge on any atom is 0.253 e. The van der Waals surface area contributed by atoms with Crippen LogP contribution in [0, 0.1) is 0 Å². The van der Waals surface area contributed by atoms with Gasteiger partial charge in [0, 0.05) is 24.3 Å². The van der Waals surface area contributed by atoms with Crippen LogP contribution < -0.4 is 10.6 Å². The first-order valence-corrected chi connectivity index (χ1v) is 7.54. The summed E-state index contributed by atoms with van der Waals surface area (Å²) in [4.78, 5) is 25.8. The lowest BCUT2D eigenvalue weighted by molar-refractivity contribution is -0.115. The van der Waals surface area contributed by atoms with Crippen LogP contribution in [0.5, 0.6) is 0 Å². The first-order chi connectivity index (χ1) is 10.2. The van der Waals surface area contributed by atoms with Crippen molar-refractivity contribution in [2.45, 2.75) is 25.7 Å². The molecule has 1 aromatic rings. The SMILES string of the molecule is CNCC(=O)Nc1ccc(C(=O)N2CCCCCC2)cc1. The summed E-state index contributed by atoms with van der Waals surface area (Å²) in [6, 6.07) is 7.11. The summed E-state index contributed by atoms with van der Waals surface area (Å²) in [5.74, 6) is -0.00547. The molecule has 0 unspecified atom stereocenters. The number of carbonyl (C=O) groups is 2. The molecule has 5 nitrogen and oxygen atoms in total. The van der Waals surface area contributed by atoms with Gasteiger partial charge in [-0.25, -0.2) is 0 Å². The predicted molar refractivity (Wildman–Crippen MR) is 83.4 cm³/mol. The van der Waals surface area contributed by atoms with Gasteiger partial charge in [-0.05, 0) is 44.2 Å². The number of nitrogens with one attached hydrogen (secondary N) is 2. The lowest BCUT2D eigenvalue weighted by Gasteiger charge is -2.20. The van der Waals surface area contributed by atoms with E-state index in [2.05, 4.69) is 10.6 Å². The molecule has 0 aromatic heterocycles. The fraction of sp³-hybridized carbons (Fsp3) is 0.500. The molecular weight excluding hydrogens is 266 g/mol. The van der Waals surface area contributed by atoms with Gasteiger partial charge in [0.25, 0.3) is 5.91 Å². The van der Waals surface area contributed by atoms with Crippen LogP contribution >= 0.6 is 0 Å². The Morgan fingerprint density at radius 2 is 1.67 bits per heavy atom. The van der Waals surface area contributed by atoms with Crippen LogP contribution in [-0.4, -0.2) is 43.4 Å². The van der Waals surface area contributed by atoms with Gasteiger partial charge in [0.15, 0.2) is 0 Å². The Morgan fingerprint density at radius 1 is 1.05 bits per heavy atom. The molecule has 0 aliphatic carbocycles. The Morgan fingerprint density at radius 3 is 2.24 bits per heavy atom. The second-order valence-electron chi connectivity index (χ2n) is 5.36. The Kier molecular flexibility index (Phi) is 5.75. The van der Waals surface area contributed by atoms with Crippen LogP contribution in [0.4, 0.5) is 5.69 Å². The van der Waals surface area contributed by atoms with Crippen LogP contribution in [0.1, 0.15) is 36.0 Å². The highest BCUT2D eigenvalue weighted by Gasteiger charge is 2.17. The number of hydrogen-bond acceptors (Lipinski definition) is 3. The number of anilines is 1. The van der Waals surface area contributed by atoms with E-state index in [4.69, 9.17) is 0 Å². The second-order valence-corrected chi connectivity index (χ2v) is 5.36. The average Bonchev–Trinajstić information content (AvgIpc) is 2.76. The molecule has 114 valence electrons. The Labute approximate surface area is 125 Å². The summed E-state index contributed by atoms with van der Waals surface area (Å²) in [6.07, 6.45) is 4.59. The molecule has 5 heteroatoms. The molecule has 2 amide bonds. The van der Waals surface area contributed by atoms with Crippen LogP contribution in [0.2, 0.25) is 0 Å². The summed E-state index contributed by atoms with van der Waals surface area (Å²) in [5.41, 5.74) is 1.39. The number of rotatable bonds is 4. The molecule has 0 saturated carbocycles. The van der Waals surface area contributed by atoms with Gasteiger partial charge in [-0.2, -0.15) is 0 Å². The van der Waals surface area contributed by atoms with Gasteiger partial charge in [0.2, 0.25) is 5.91 Å². The molecule has 0 atom stereocenters. The lowest BCUT2D eigenvalue weighted by atomic mass is 10.1. The minimum Gasteiger partial charge on any atom is -0.339 e. The maximum absolute atomic E-state index is 12.4. The van der Waals surface area contributed by atoms with E-state index >= 15 is 0 Å². The van der Waals surface area contributed by atoms with Crippen molar-refractivity contribution >= 4 is 17.5 Å². The normalized spacial score (nSPS) is 15.4. The fourth-order valence-electron chi connectivity index (χ4n) is 2.52. The monoisotopic (exact) mass is 289 g/mol. The van der Waals surface area contributed by atoms with E-state index in [0.29, 0.717) is 11.3 Å². The van der Waals surface area contributed by atoms with Crippen molar-refractivity contribution in [3.8, 4) is 0 Å². The Balaban J connectivity index is 1.97. The number of hydrogen-bond donors (Lipinski definition) is 2. The number of carbonyl (C=O) groups excluding carboxylic acids is 2. The molecule has 1 aliphatic heterocycles. The van der Waals surface area contributed by atoms with E-state index in [1.807, 2.05) is 4.90 Å². The van der Waals surface area contributed by atoms with E-state index in [0.717, 1.165) is 25.9 Å². The minimum atomic E-state index is -0.0934. The Bertz CT molecular complexity index is 477. The zero-order chi connectivity index (χ0) is 15.1. The van der Waals surface area contributed by atoms with Gasteiger partial charge in [-0.3, -0.25) is 9.59 Å². The highest BCUT2D eigenvalue weighted by molar-refractivity contribution is 5.96. The molecule has 1 fully saturated rings. The van der Waals surface area contributed by atoms with Gasteiger partial charge in [-0.1, -0.05) is 12.8 Å². The van der Waals surface area contributed by atoms with Crippen molar-refractivity contribution in [2.75, 3.05) is 32.0 Å². The molecule has 1 saturated heterocycles. The van der Waals surface area contributed by atoms with E-state index in [9.17, 15) is 9.59 Å². The molecule has 2 rings (SSSR count). The summed E-state index contributed by atoms with van der Waals surface area (Å²) in [6.45, 7) is 1.97. The van der Waals surface area contributed by atoms with Crippen molar-refractivity contribution in [3.63, 3.8) is 0 Å². The highest BCUT2D eigenvalue weighted by Crippen LogP contribution is 2.15. The van der Waals surface area contributed by atoms with E-state index in [1.54, 1.807) is 31.3 Å². The van der Waals surface area contributed by atoms with Crippen molar-refractivity contribution in [3.05, 3.63) is 29.8 Å². The third kappa shape index (κ3) is 4.56. The van der Waals surface area contributed by atoms with E-state index in [1.165, 1.54) is 12.8 Å².